The zero-order chi connectivity index (χ0) is 15.6. The molecule has 0 aliphatic carbocycles. The number of likely N-dealkylation sites (N-methyl/N-ethyl adjacent to an activating group) is 1. The first-order valence-corrected chi connectivity index (χ1v) is 6.46. The summed E-state index contributed by atoms with van der Waals surface area (Å²) in [5, 5.41) is 3.06. The Morgan fingerprint density at radius 1 is 1.24 bits per heavy atom. The molecular formula is C15H18N2O4. The van der Waals surface area contributed by atoms with Gasteiger partial charge in [0.25, 0.3) is 5.91 Å². The van der Waals surface area contributed by atoms with Crippen molar-refractivity contribution in [1.29, 1.82) is 0 Å². The second kappa shape index (κ2) is 5.87. The number of ether oxygens (including phenoxy) is 2. The molecule has 21 heavy (non-hydrogen) atoms. The third-order valence-corrected chi connectivity index (χ3v) is 3.46. The fraction of sp³-hybridized carbons (Fsp3) is 0.333. The maximum Gasteiger partial charge on any atom is 0.356 e. The Kier molecular flexibility index (Phi) is 4.16. The molecule has 0 aromatic heterocycles. The van der Waals surface area contributed by atoms with Crippen LogP contribution < -0.4 is 10.1 Å². The Bertz CT molecular complexity index is 592. The van der Waals surface area contributed by atoms with E-state index in [1.165, 1.54) is 12.0 Å². The van der Waals surface area contributed by atoms with Gasteiger partial charge in [-0.05, 0) is 24.6 Å². The molecule has 6 nitrogen and oxygen atoms in total. The summed E-state index contributed by atoms with van der Waals surface area (Å²) in [6, 6.07) is 6.68. The molecule has 0 radical (unpaired) electrons. The van der Waals surface area contributed by atoms with Crippen molar-refractivity contribution in [2.45, 2.75) is 13.0 Å². The lowest BCUT2D eigenvalue weighted by Crippen LogP contribution is -2.46. The van der Waals surface area contributed by atoms with Gasteiger partial charge in [0, 0.05) is 12.7 Å². The first kappa shape index (κ1) is 14.9. The standard InChI is InChI=1S/C15H18N2O4/c1-9-13(15(19)21-4)17(2)14(18)12(16-9)10-5-7-11(20-3)8-6-10/h5-8,12,16H,1-4H3. The number of hydrogen-bond acceptors (Lipinski definition) is 5. The van der Waals surface area contributed by atoms with E-state index in [0.717, 1.165) is 11.3 Å². The lowest BCUT2D eigenvalue weighted by atomic mass is 10.0. The Labute approximate surface area is 123 Å². The van der Waals surface area contributed by atoms with Gasteiger partial charge in [-0.3, -0.25) is 4.79 Å². The zero-order valence-corrected chi connectivity index (χ0v) is 12.5. The number of esters is 1. The minimum absolute atomic E-state index is 0.217. The lowest BCUT2D eigenvalue weighted by Gasteiger charge is -2.33. The monoisotopic (exact) mass is 290 g/mol. The maximum atomic E-state index is 12.4. The molecule has 112 valence electrons. The van der Waals surface area contributed by atoms with Crippen molar-refractivity contribution in [3.63, 3.8) is 0 Å². The molecule has 1 aromatic rings. The van der Waals surface area contributed by atoms with E-state index in [4.69, 9.17) is 9.47 Å². The average molecular weight is 290 g/mol. The molecule has 0 spiro atoms. The summed E-state index contributed by atoms with van der Waals surface area (Å²) in [6.45, 7) is 1.74. The van der Waals surface area contributed by atoms with Crippen LogP contribution in [0.2, 0.25) is 0 Å². The number of rotatable bonds is 3. The number of hydrogen-bond donors (Lipinski definition) is 1. The average Bonchev–Trinajstić information content (AvgIpc) is 2.51. The SMILES string of the molecule is COC(=O)C1=C(C)NC(c2ccc(OC)cc2)C(=O)N1C. The molecule has 1 aromatic carbocycles. The van der Waals surface area contributed by atoms with Crippen LogP contribution in [0.3, 0.4) is 0 Å². The van der Waals surface area contributed by atoms with Gasteiger partial charge in [-0.25, -0.2) is 4.79 Å². The lowest BCUT2D eigenvalue weighted by molar-refractivity contribution is -0.143. The first-order chi connectivity index (χ1) is 9.99. The Balaban J connectivity index is 2.34. The van der Waals surface area contributed by atoms with Crippen molar-refractivity contribution in [2.24, 2.45) is 0 Å². The summed E-state index contributed by atoms with van der Waals surface area (Å²) in [4.78, 5) is 25.5. The molecule has 1 unspecified atom stereocenters. The highest BCUT2D eigenvalue weighted by Crippen LogP contribution is 2.26. The van der Waals surface area contributed by atoms with Crippen LogP contribution >= 0.6 is 0 Å². The fourth-order valence-corrected chi connectivity index (χ4v) is 2.31. The molecular weight excluding hydrogens is 272 g/mol. The molecule has 0 saturated heterocycles. The van der Waals surface area contributed by atoms with Crippen LogP contribution in [-0.2, 0) is 14.3 Å². The topological polar surface area (TPSA) is 67.9 Å². The van der Waals surface area contributed by atoms with Crippen LogP contribution in [0, 0.1) is 0 Å². The predicted octanol–water partition coefficient (Wildman–Crippen LogP) is 1.20. The van der Waals surface area contributed by atoms with Gasteiger partial charge >= 0.3 is 5.97 Å². The number of amides is 1. The number of allylic oxidation sites excluding steroid dienone is 1. The number of benzene rings is 1. The van der Waals surface area contributed by atoms with Crippen LogP contribution in [0.1, 0.15) is 18.5 Å². The van der Waals surface area contributed by atoms with Crippen molar-refractivity contribution in [1.82, 2.24) is 10.2 Å². The molecule has 1 amide bonds. The van der Waals surface area contributed by atoms with Gasteiger partial charge in [0.05, 0.1) is 14.2 Å². The van der Waals surface area contributed by atoms with Crippen LogP contribution in [0.15, 0.2) is 35.7 Å². The normalized spacial score (nSPS) is 18.4. The molecule has 1 aliphatic heterocycles. The summed E-state index contributed by atoms with van der Waals surface area (Å²) >= 11 is 0. The number of nitrogens with one attached hydrogen (secondary N) is 1. The van der Waals surface area contributed by atoms with E-state index < -0.39 is 12.0 Å². The molecule has 1 atom stereocenters. The van der Waals surface area contributed by atoms with Crippen molar-refractivity contribution in [3.8, 4) is 5.75 Å². The third kappa shape index (κ3) is 2.69. The smallest absolute Gasteiger partial charge is 0.356 e. The number of carbonyl (C=O) groups is 2. The van der Waals surface area contributed by atoms with Gasteiger partial charge in [0.15, 0.2) is 0 Å². The Hall–Kier alpha value is -2.50. The number of nitrogens with zero attached hydrogens (tertiary/aromatic N) is 1. The largest absolute Gasteiger partial charge is 0.497 e. The van der Waals surface area contributed by atoms with E-state index in [2.05, 4.69) is 5.32 Å². The van der Waals surface area contributed by atoms with Gasteiger partial charge in [-0.15, -0.1) is 0 Å². The quantitative estimate of drug-likeness (QED) is 0.847. The van der Waals surface area contributed by atoms with Crippen molar-refractivity contribution >= 4 is 11.9 Å². The highest BCUT2D eigenvalue weighted by Gasteiger charge is 2.35. The summed E-state index contributed by atoms with van der Waals surface area (Å²) < 4.78 is 9.81. The van der Waals surface area contributed by atoms with E-state index in [0.29, 0.717) is 5.70 Å². The number of methoxy groups -OCH3 is 2. The molecule has 0 fully saturated rings. The summed E-state index contributed by atoms with van der Waals surface area (Å²) in [6.07, 6.45) is 0. The van der Waals surface area contributed by atoms with E-state index >= 15 is 0 Å². The molecule has 2 rings (SSSR count). The van der Waals surface area contributed by atoms with Crippen LogP contribution in [0.25, 0.3) is 0 Å². The highest BCUT2D eigenvalue weighted by atomic mass is 16.5. The first-order valence-electron chi connectivity index (χ1n) is 6.46. The minimum Gasteiger partial charge on any atom is -0.497 e. The Morgan fingerprint density at radius 2 is 1.86 bits per heavy atom. The maximum absolute atomic E-state index is 12.4. The molecule has 1 heterocycles. The van der Waals surface area contributed by atoms with Crippen LogP contribution in [0.5, 0.6) is 5.75 Å². The molecule has 0 bridgehead atoms. The fourth-order valence-electron chi connectivity index (χ4n) is 2.31. The van der Waals surface area contributed by atoms with E-state index in [1.54, 1.807) is 33.2 Å². The van der Waals surface area contributed by atoms with Crippen molar-refractivity contribution in [3.05, 3.63) is 41.2 Å². The van der Waals surface area contributed by atoms with Crippen molar-refractivity contribution < 1.29 is 19.1 Å². The number of carbonyl (C=O) groups excluding carboxylic acids is 2. The summed E-state index contributed by atoms with van der Waals surface area (Å²) in [5.74, 6) is -0.0342. The zero-order valence-electron chi connectivity index (χ0n) is 12.5. The van der Waals surface area contributed by atoms with Crippen molar-refractivity contribution in [2.75, 3.05) is 21.3 Å². The van der Waals surface area contributed by atoms with Crippen LogP contribution in [-0.4, -0.2) is 38.0 Å². The predicted molar refractivity (Wildman–Crippen MR) is 76.4 cm³/mol. The molecule has 1 aliphatic rings. The molecule has 1 N–H and O–H groups in total. The van der Waals surface area contributed by atoms with Gasteiger partial charge < -0.3 is 19.7 Å². The summed E-state index contributed by atoms with van der Waals surface area (Å²) in [5.41, 5.74) is 1.63. The Morgan fingerprint density at radius 3 is 2.38 bits per heavy atom. The van der Waals surface area contributed by atoms with E-state index in [9.17, 15) is 9.59 Å². The van der Waals surface area contributed by atoms with E-state index in [-0.39, 0.29) is 11.6 Å². The van der Waals surface area contributed by atoms with Gasteiger partial charge in [-0.2, -0.15) is 0 Å². The van der Waals surface area contributed by atoms with Gasteiger partial charge in [-0.1, -0.05) is 12.1 Å². The minimum atomic E-state index is -0.538. The second-order valence-corrected chi connectivity index (χ2v) is 4.71. The molecule has 6 heteroatoms. The van der Waals surface area contributed by atoms with Gasteiger partial charge in [0.1, 0.15) is 17.5 Å². The third-order valence-electron chi connectivity index (χ3n) is 3.46. The van der Waals surface area contributed by atoms with E-state index in [1.807, 2.05) is 12.1 Å². The van der Waals surface area contributed by atoms with Crippen LogP contribution in [0.4, 0.5) is 0 Å². The second-order valence-electron chi connectivity index (χ2n) is 4.71. The summed E-state index contributed by atoms with van der Waals surface area (Å²) in [7, 11) is 4.44. The molecule has 0 saturated carbocycles. The highest BCUT2D eigenvalue weighted by molar-refractivity contribution is 5.97. The van der Waals surface area contributed by atoms with Gasteiger partial charge in [0.2, 0.25) is 0 Å².